The van der Waals surface area contributed by atoms with Gasteiger partial charge in [-0.25, -0.2) is 4.39 Å². The van der Waals surface area contributed by atoms with Crippen LogP contribution >= 0.6 is 11.6 Å². The van der Waals surface area contributed by atoms with Crippen molar-refractivity contribution in [2.24, 2.45) is 0 Å². The van der Waals surface area contributed by atoms with Crippen molar-refractivity contribution in [1.29, 1.82) is 0 Å². The van der Waals surface area contributed by atoms with Crippen LogP contribution in [0.25, 0.3) is 0 Å². The normalized spacial score (nSPS) is 12.6. The highest BCUT2D eigenvalue weighted by atomic mass is 35.5. The zero-order valence-electron chi connectivity index (χ0n) is 10.7. The van der Waals surface area contributed by atoms with Crippen LogP contribution in [0.5, 0.6) is 0 Å². The Labute approximate surface area is 116 Å². The van der Waals surface area contributed by atoms with Crippen molar-refractivity contribution in [3.05, 3.63) is 58.3 Å². The van der Waals surface area contributed by atoms with Crippen LogP contribution in [0.2, 0.25) is 5.02 Å². The molecule has 0 aliphatic carbocycles. The Morgan fingerprint density at radius 1 is 1.37 bits per heavy atom. The Kier molecular flexibility index (Phi) is 4.58. The second-order valence-corrected chi connectivity index (χ2v) is 4.54. The van der Waals surface area contributed by atoms with E-state index in [-0.39, 0.29) is 11.1 Å². The van der Waals surface area contributed by atoms with Crippen LogP contribution in [-0.2, 0) is 11.3 Å². The Morgan fingerprint density at radius 3 is 2.79 bits per heavy atom. The standard InChI is InChI=1S/C14H15ClFNO2/c1-17-14(9-3-5-11(15)12(16)7-9)13-6-4-10(19-13)8-18-2/h3-7,14,17H,8H2,1-2H3. The Hall–Kier alpha value is -1.36. The van der Waals surface area contributed by atoms with E-state index < -0.39 is 5.82 Å². The average Bonchev–Trinajstić information content (AvgIpc) is 2.83. The molecule has 1 aromatic heterocycles. The maximum absolute atomic E-state index is 13.5. The van der Waals surface area contributed by atoms with Gasteiger partial charge in [0.25, 0.3) is 0 Å². The second kappa shape index (κ2) is 6.19. The third kappa shape index (κ3) is 3.15. The molecule has 0 amide bonds. The van der Waals surface area contributed by atoms with E-state index in [0.717, 1.165) is 11.3 Å². The van der Waals surface area contributed by atoms with E-state index >= 15 is 0 Å². The van der Waals surface area contributed by atoms with E-state index in [1.165, 1.54) is 12.1 Å². The molecule has 1 unspecified atom stereocenters. The predicted molar refractivity (Wildman–Crippen MR) is 71.7 cm³/mol. The third-order valence-electron chi connectivity index (χ3n) is 2.82. The highest BCUT2D eigenvalue weighted by Gasteiger charge is 2.17. The van der Waals surface area contributed by atoms with Crippen LogP contribution in [-0.4, -0.2) is 14.2 Å². The van der Waals surface area contributed by atoms with E-state index in [9.17, 15) is 4.39 Å². The molecule has 1 heterocycles. The maximum Gasteiger partial charge on any atom is 0.142 e. The van der Waals surface area contributed by atoms with Gasteiger partial charge in [0.05, 0.1) is 11.1 Å². The summed E-state index contributed by atoms with van der Waals surface area (Å²) in [7, 11) is 3.39. The van der Waals surface area contributed by atoms with Crippen molar-refractivity contribution in [1.82, 2.24) is 5.32 Å². The van der Waals surface area contributed by atoms with Crippen LogP contribution in [0.3, 0.4) is 0 Å². The summed E-state index contributed by atoms with van der Waals surface area (Å²) in [5.41, 5.74) is 0.753. The first kappa shape index (κ1) is 14.1. The molecule has 0 saturated heterocycles. The van der Waals surface area contributed by atoms with Gasteiger partial charge in [-0.1, -0.05) is 17.7 Å². The van der Waals surface area contributed by atoms with E-state index in [4.69, 9.17) is 20.8 Å². The number of nitrogens with one attached hydrogen (secondary N) is 1. The molecule has 0 fully saturated rings. The summed E-state index contributed by atoms with van der Waals surface area (Å²) in [6.45, 7) is 0.408. The van der Waals surface area contributed by atoms with E-state index in [1.54, 1.807) is 20.2 Å². The number of ether oxygens (including phenoxy) is 1. The lowest BCUT2D eigenvalue weighted by atomic mass is 10.0. The summed E-state index contributed by atoms with van der Waals surface area (Å²) < 4.78 is 24.2. The minimum Gasteiger partial charge on any atom is -0.462 e. The maximum atomic E-state index is 13.5. The van der Waals surface area contributed by atoms with Gasteiger partial charge < -0.3 is 14.5 Å². The molecule has 0 radical (unpaired) electrons. The molecular formula is C14H15ClFNO2. The van der Waals surface area contributed by atoms with Gasteiger partial charge in [0.1, 0.15) is 23.9 Å². The van der Waals surface area contributed by atoms with Crippen LogP contribution in [0.15, 0.2) is 34.7 Å². The molecule has 102 valence electrons. The van der Waals surface area contributed by atoms with Crippen LogP contribution in [0.1, 0.15) is 23.1 Å². The first-order valence-corrected chi connectivity index (χ1v) is 6.23. The molecule has 3 nitrogen and oxygen atoms in total. The number of hydrogen-bond donors (Lipinski definition) is 1. The fraction of sp³-hybridized carbons (Fsp3) is 0.286. The predicted octanol–water partition coefficient (Wildman–Crippen LogP) is 3.53. The molecule has 1 N–H and O–H groups in total. The minimum absolute atomic E-state index is 0.109. The SMILES string of the molecule is CNC(c1ccc(Cl)c(F)c1)c1ccc(COC)o1. The molecule has 0 aliphatic rings. The molecule has 2 aromatic rings. The smallest absolute Gasteiger partial charge is 0.142 e. The summed E-state index contributed by atoms with van der Waals surface area (Å²) in [4.78, 5) is 0. The topological polar surface area (TPSA) is 34.4 Å². The molecule has 1 aromatic carbocycles. The van der Waals surface area contributed by atoms with Gasteiger partial charge in [-0.3, -0.25) is 0 Å². The number of rotatable bonds is 5. The van der Waals surface area contributed by atoms with Crippen LogP contribution < -0.4 is 5.32 Å². The summed E-state index contributed by atoms with van der Waals surface area (Å²) >= 11 is 5.68. The van der Waals surface area contributed by atoms with Crippen LogP contribution in [0.4, 0.5) is 4.39 Å². The summed E-state index contributed by atoms with van der Waals surface area (Å²) in [6.07, 6.45) is 0. The molecular weight excluding hydrogens is 269 g/mol. The summed E-state index contributed by atoms with van der Waals surface area (Å²) in [5.74, 6) is 0.992. The van der Waals surface area contributed by atoms with Crippen molar-refractivity contribution in [2.45, 2.75) is 12.6 Å². The van der Waals surface area contributed by atoms with Crippen molar-refractivity contribution in [2.75, 3.05) is 14.2 Å². The quantitative estimate of drug-likeness (QED) is 0.911. The Morgan fingerprint density at radius 2 is 2.16 bits per heavy atom. The van der Waals surface area contributed by atoms with E-state index in [2.05, 4.69) is 5.32 Å². The molecule has 1 atom stereocenters. The molecule has 0 saturated carbocycles. The van der Waals surface area contributed by atoms with Gasteiger partial charge in [-0.15, -0.1) is 0 Å². The van der Waals surface area contributed by atoms with E-state index in [1.807, 2.05) is 12.1 Å². The molecule has 5 heteroatoms. The summed E-state index contributed by atoms with van der Waals surface area (Å²) in [6, 6.07) is 8.18. The molecule has 0 aliphatic heterocycles. The van der Waals surface area contributed by atoms with Gasteiger partial charge >= 0.3 is 0 Å². The van der Waals surface area contributed by atoms with Crippen LogP contribution in [0, 0.1) is 5.82 Å². The minimum atomic E-state index is -0.442. The van der Waals surface area contributed by atoms with Gasteiger partial charge in [0.15, 0.2) is 0 Å². The fourth-order valence-electron chi connectivity index (χ4n) is 1.93. The fourth-order valence-corrected chi connectivity index (χ4v) is 2.05. The van der Waals surface area contributed by atoms with Crippen molar-refractivity contribution in [3.8, 4) is 0 Å². The average molecular weight is 284 g/mol. The van der Waals surface area contributed by atoms with Crippen molar-refractivity contribution >= 4 is 11.6 Å². The number of benzene rings is 1. The molecule has 19 heavy (non-hydrogen) atoms. The molecule has 0 bridgehead atoms. The Bertz CT molecular complexity index is 556. The third-order valence-corrected chi connectivity index (χ3v) is 3.13. The molecule has 2 rings (SSSR count). The zero-order chi connectivity index (χ0) is 13.8. The number of hydrogen-bond acceptors (Lipinski definition) is 3. The van der Waals surface area contributed by atoms with E-state index in [0.29, 0.717) is 12.4 Å². The van der Waals surface area contributed by atoms with Crippen molar-refractivity contribution in [3.63, 3.8) is 0 Å². The first-order chi connectivity index (χ1) is 9.15. The second-order valence-electron chi connectivity index (χ2n) is 4.13. The first-order valence-electron chi connectivity index (χ1n) is 5.85. The summed E-state index contributed by atoms with van der Waals surface area (Å²) in [5, 5.41) is 3.20. The lowest BCUT2D eigenvalue weighted by molar-refractivity contribution is 0.162. The van der Waals surface area contributed by atoms with Gasteiger partial charge in [-0.2, -0.15) is 0 Å². The lowest BCUT2D eigenvalue weighted by Gasteiger charge is -2.14. The number of furan rings is 1. The molecule has 0 spiro atoms. The zero-order valence-corrected chi connectivity index (χ0v) is 11.5. The van der Waals surface area contributed by atoms with Gasteiger partial charge in [-0.05, 0) is 36.9 Å². The highest BCUT2D eigenvalue weighted by molar-refractivity contribution is 6.30. The van der Waals surface area contributed by atoms with Gasteiger partial charge in [0.2, 0.25) is 0 Å². The Balaban J connectivity index is 2.29. The van der Waals surface area contributed by atoms with Gasteiger partial charge in [0, 0.05) is 7.11 Å². The van der Waals surface area contributed by atoms with Crippen molar-refractivity contribution < 1.29 is 13.5 Å². The lowest BCUT2D eigenvalue weighted by Crippen LogP contribution is -2.17. The monoisotopic (exact) mass is 283 g/mol. The highest BCUT2D eigenvalue weighted by Crippen LogP contribution is 2.26. The number of halogens is 2. The number of methoxy groups -OCH3 is 1. The largest absolute Gasteiger partial charge is 0.462 e.